The molecule has 0 fully saturated rings. The molecule has 0 heterocycles. The second-order valence-electron chi connectivity index (χ2n) is 6.09. The van der Waals surface area contributed by atoms with Crippen molar-refractivity contribution in [1.29, 1.82) is 0 Å². The Morgan fingerprint density at radius 1 is 1.07 bits per heavy atom. The van der Waals surface area contributed by atoms with Gasteiger partial charge in [-0.3, -0.25) is 14.5 Å². The SMILES string of the molecule is CCN(CC(=O)Nc1cccc(OC)c1)CC(=O)Nc1ccc(Br)cc1C. The van der Waals surface area contributed by atoms with Crippen LogP contribution in [0.15, 0.2) is 46.9 Å². The molecule has 0 saturated carbocycles. The number of aryl methyl sites for hydroxylation is 1. The van der Waals surface area contributed by atoms with Crippen LogP contribution >= 0.6 is 15.9 Å². The molecule has 27 heavy (non-hydrogen) atoms. The van der Waals surface area contributed by atoms with Crippen LogP contribution in [0.5, 0.6) is 5.75 Å². The van der Waals surface area contributed by atoms with Crippen LogP contribution in [0.4, 0.5) is 11.4 Å². The number of hydrogen-bond donors (Lipinski definition) is 2. The number of rotatable bonds is 8. The molecule has 0 unspecified atom stereocenters. The first-order valence-corrected chi connectivity index (χ1v) is 9.42. The average molecular weight is 434 g/mol. The van der Waals surface area contributed by atoms with Gasteiger partial charge in [0.15, 0.2) is 0 Å². The van der Waals surface area contributed by atoms with Gasteiger partial charge in [-0.1, -0.05) is 28.9 Å². The van der Waals surface area contributed by atoms with Gasteiger partial charge in [-0.25, -0.2) is 0 Å². The number of likely N-dealkylation sites (N-methyl/N-ethyl adjacent to an activating group) is 1. The van der Waals surface area contributed by atoms with Crippen LogP contribution < -0.4 is 15.4 Å². The highest BCUT2D eigenvalue weighted by Gasteiger charge is 2.14. The molecule has 2 rings (SSSR count). The standard InChI is InChI=1S/C20H24BrN3O3/c1-4-24(12-19(25)22-16-6-5-7-17(11-16)27-3)13-20(26)23-18-9-8-15(21)10-14(18)2/h5-11H,4,12-13H2,1-3H3,(H,22,25)(H,23,26). The molecule has 0 atom stereocenters. The van der Waals surface area contributed by atoms with E-state index < -0.39 is 0 Å². The van der Waals surface area contributed by atoms with E-state index in [1.54, 1.807) is 30.2 Å². The predicted octanol–water partition coefficient (Wildman–Crippen LogP) is 3.67. The molecule has 0 aliphatic rings. The van der Waals surface area contributed by atoms with Crippen LogP contribution in [0.25, 0.3) is 0 Å². The summed E-state index contributed by atoms with van der Waals surface area (Å²) in [5, 5.41) is 5.71. The number of amides is 2. The molecule has 0 bridgehead atoms. The summed E-state index contributed by atoms with van der Waals surface area (Å²) < 4.78 is 6.11. The Hall–Kier alpha value is -2.38. The van der Waals surface area contributed by atoms with E-state index in [-0.39, 0.29) is 24.9 Å². The minimum atomic E-state index is -0.183. The van der Waals surface area contributed by atoms with E-state index in [2.05, 4.69) is 26.6 Å². The van der Waals surface area contributed by atoms with Crippen molar-refractivity contribution >= 4 is 39.1 Å². The van der Waals surface area contributed by atoms with Crippen LogP contribution in [0, 0.1) is 6.92 Å². The molecular weight excluding hydrogens is 410 g/mol. The van der Waals surface area contributed by atoms with Crippen molar-refractivity contribution < 1.29 is 14.3 Å². The van der Waals surface area contributed by atoms with Crippen molar-refractivity contribution in [3.8, 4) is 5.75 Å². The normalized spacial score (nSPS) is 10.6. The van der Waals surface area contributed by atoms with Crippen LogP contribution in [-0.2, 0) is 9.59 Å². The minimum absolute atomic E-state index is 0.125. The van der Waals surface area contributed by atoms with Crippen LogP contribution in [0.3, 0.4) is 0 Å². The lowest BCUT2D eigenvalue weighted by atomic mass is 10.2. The zero-order chi connectivity index (χ0) is 19.8. The summed E-state index contributed by atoms with van der Waals surface area (Å²) in [6, 6.07) is 12.8. The lowest BCUT2D eigenvalue weighted by Gasteiger charge is -2.20. The summed E-state index contributed by atoms with van der Waals surface area (Å²) in [4.78, 5) is 26.4. The number of halogens is 1. The molecule has 0 aliphatic heterocycles. The summed E-state index contributed by atoms with van der Waals surface area (Å²) in [7, 11) is 1.57. The fourth-order valence-electron chi connectivity index (χ4n) is 2.54. The third-order valence-electron chi connectivity index (χ3n) is 4.00. The first kappa shape index (κ1) is 20.9. The molecule has 0 saturated heterocycles. The van der Waals surface area contributed by atoms with Gasteiger partial charge in [-0.2, -0.15) is 0 Å². The average Bonchev–Trinajstić information content (AvgIpc) is 2.63. The van der Waals surface area contributed by atoms with E-state index in [1.165, 1.54) is 0 Å². The van der Waals surface area contributed by atoms with Gasteiger partial charge in [0, 0.05) is 21.9 Å². The number of carbonyl (C=O) groups is 2. The van der Waals surface area contributed by atoms with Gasteiger partial charge in [0.1, 0.15) is 5.75 Å². The molecule has 0 spiro atoms. The van der Waals surface area contributed by atoms with Crippen molar-refractivity contribution in [3.05, 3.63) is 52.5 Å². The van der Waals surface area contributed by atoms with Crippen LogP contribution in [-0.4, -0.2) is 43.5 Å². The highest BCUT2D eigenvalue weighted by molar-refractivity contribution is 9.10. The van der Waals surface area contributed by atoms with Crippen molar-refractivity contribution in [2.75, 3.05) is 37.4 Å². The minimum Gasteiger partial charge on any atom is -0.497 e. The Bertz CT molecular complexity index is 811. The summed E-state index contributed by atoms with van der Waals surface area (Å²) in [5.74, 6) is 0.332. The third-order valence-corrected chi connectivity index (χ3v) is 4.49. The highest BCUT2D eigenvalue weighted by Crippen LogP contribution is 2.20. The van der Waals surface area contributed by atoms with Gasteiger partial charge in [-0.05, 0) is 49.4 Å². The summed E-state index contributed by atoms with van der Waals surface area (Å²) in [6.45, 7) is 4.69. The number of carbonyl (C=O) groups excluding carboxylic acids is 2. The molecule has 2 N–H and O–H groups in total. The van der Waals surface area contributed by atoms with Crippen LogP contribution in [0.2, 0.25) is 0 Å². The van der Waals surface area contributed by atoms with Crippen molar-refractivity contribution in [1.82, 2.24) is 4.90 Å². The Balaban J connectivity index is 1.89. The molecular formula is C20H24BrN3O3. The molecule has 2 aromatic rings. The number of anilines is 2. The van der Waals surface area contributed by atoms with E-state index in [1.807, 2.05) is 38.1 Å². The predicted molar refractivity (Wildman–Crippen MR) is 111 cm³/mol. The van der Waals surface area contributed by atoms with Gasteiger partial charge < -0.3 is 15.4 Å². The molecule has 6 nitrogen and oxygen atoms in total. The second kappa shape index (κ2) is 10.1. The topological polar surface area (TPSA) is 70.7 Å². The molecule has 0 aliphatic carbocycles. The van der Waals surface area contributed by atoms with Crippen molar-refractivity contribution in [2.24, 2.45) is 0 Å². The Kier molecular flexibility index (Phi) is 7.82. The number of nitrogens with one attached hydrogen (secondary N) is 2. The van der Waals surface area contributed by atoms with Gasteiger partial charge in [0.2, 0.25) is 11.8 Å². The zero-order valence-electron chi connectivity index (χ0n) is 15.7. The number of hydrogen-bond acceptors (Lipinski definition) is 4. The Labute approximate surface area is 168 Å². The number of nitrogens with zero attached hydrogens (tertiary/aromatic N) is 1. The van der Waals surface area contributed by atoms with Gasteiger partial charge >= 0.3 is 0 Å². The first-order chi connectivity index (χ1) is 12.9. The van der Waals surface area contributed by atoms with Crippen LogP contribution in [0.1, 0.15) is 12.5 Å². The smallest absolute Gasteiger partial charge is 0.238 e. The molecule has 0 aromatic heterocycles. The number of methoxy groups -OCH3 is 1. The lowest BCUT2D eigenvalue weighted by Crippen LogP contribution is -2.38. The van der Waals surface area contributed by atoms with E-state index in [9.17, 15) is 9.59 Å². The maximum Gasteiger partial charge on any atom is 0.238 e. The van der Waals surface area contributed by atoms with Gasteiger partial charge in [0.25, 0.3) is 0 Å². The summed E-state index contributed by atoms with van der Waals surface area (Å²) in [6.07, 6.45) is 0. The maximum atomic E-state index is 12.3. The summed E-state index contributed by atoms with van der Waals surface area (Å²) in [5.41, 5.74) is 2.39. The van der Waals surface area contributed by atoms with Gasteiger partial charge in [-0.15, -0.1) is 0 Å². The molecule has 7 heteroatoms. The van der Waals surface area contributed by atoms with E-state index in [0.29, 0.717) is 18.0 Å². The van der Waals surface area contributed by atoms with E-state index >= 15 is 0 Å². The molecule has 144 valence electrons. The first-order valence-electron chi connectivity index (χ1n) is 8.63. The molecule has 2 amide bonds. The molecule has 2 aromatic carbocycles. The second-order valence-corrected chi connectivity index (χ2v) is 7.01. The zero-order valence-corrected chi connectivity index (χ0v) is 17.3. The number of benzene rings is 2. The maximum absolute atomic E-state index is 12.3. The van der Waals surface area contributed by atoms with E-state index in [4.69, 9.17) is 4.74 Å². The van der Waals surface area contributed by atoms with Crippen molar-refractivity contribution in [3.63, 3.8) is 0 Å². The highest BCUT2D eigenvalue weighted by atomic mass is 79.9. The quantitative estimate of drug-likeness (QED) is 0.666. The Morgan fingerprint density at radius 3 is 2.41 bits per heavy atom. The fourth-order valence-corrected chi connectivity index (χ4v) is 3.02. The summed E-state index contributed by atoms with van der Waals surface area (Å²) >= 11 is 3.40. The Morgan fingerprint density at radius 2 is 1.78 bits per heavy atom. The van der Waals surface area contributed by atoms with E-state index in [0.717, 1.165) is 15.7 Å². The molecule has 0 radical (unpaired) electrons. The largest absolute Gasteiger partial charge is 0.497 e. The van der Waals surface area contributed by atoms with Gasteiger partial charge in [0.05, 0.1) is 20.2 Å². The third kappa shape index (κ3) is 6.69. The monoisotopic (exact) mass is 433 g/mol. The fraction of sp³-hybridized carbons (Fsp3) is 0.300. The number of ether oxygens (including phenoxy) is 1. The van der Waals surface area contributed by atoms with Crippen molar-refractivity contribution in [2.45, 2.75) is 13.8 Å². The lowest BCUT2D eigenvalue weighted by molar-refractivity contribution is -0.119.